The quantitative estimate of drug-likeness (QED) is 0.443. The van der Waals surface area contributed by atoms with E-state index < -0.39 is 17.7 Å². The van der Waals surface area contributed by atoms with Crippen molar-refractivity contribution in [2.24, 2.45) is 4.99 Å². The number of guanidine groups is 1. The molecule has 0 amide bonds. The summed E-state index contributed by atoms with van der Waals surface area (Å²) in [5.41, 5.74) is -0.327. The van der Waals surface area contributed by atoms with Crippen LogP contribution >= 0.6 is 11.3 Å². The maximum Gasteiger partial charge on any atom is 0.434 e. The van der Waals surface area contributed by atoms with E-state index in [4.69, 9.17) is 5.26 Å². The maximum atomic E-state index is 13.9. The molecule has 1 aromatic carbocycles. The molecule has 0 fully saturated rings. The van der Waals surface area contributed by atoms with Gasteiger partial charge in [0, 0.05) is 30.5 Å². The van der Waals surface area contributed by atoms with Crippen LogP contribution in [0.2, 0.25) is 0 Å². The predicted molar refractivity (Wildman–Crippen MR) is 94.8 cm³/mol. The largest absolute Gasteiger partial charge is 0.434 e. The molecule has 0 spiro atoms. The highest BCUT2D eigenvalue weighted by atomic mass is 32.1. The topological polar surface area (TPSA) is 73.1 Å². The van der Waals surface area contributed by atoms with E-state index in [1.807, 2.05) is 13.0 Å². The number of nitriles is 1. The number of benzene rings is 1. The average molecular weight is 399 g/mol. The van der Waals surface area contributed by atoms with E-state index in [2.05, 4.69) is 20.6 Å². The average Bonchev–Trinajstić information content (AvgIpc) is 3.09. The molecule has 2 N–H and O–H groups in total. The number of nitrogens with one attached hydrogen (secondary N) is 2. The first-order chi connectivity index (χ1) is 12.8. The molecule has 0 saturated carbocycles. The summed E-state index contributed by atoms with van der Waals surface area (Å²) >= 11 is 0.950. The summed E-state index contributed by atoms with van der Waals surface area (Å²) in [5.74, 6) is -0.107. The molecule has 0 radical (unpaired) electrons. The molecule has 10 heteroatoms. The van der Waals surface area contributed by atoms with Crippen molar-refractivity contribution in [2.75, 3.05) is 13.1 Å². The van der Waals surface area contributed by atoms with Gasteiger partial charge in [-0.3, -0.25) is 0 Å². The lowest BCUT2D eigenvalue weighted by molar-refractivity contribution is -0.140. The second kappa shape index (κ2) is 9.32. The van der Waals surface area contributed by atoms with Crippen LogP contribution in [-0.4, -0.2) is 24.0 Å². The summed E-state index contributed by atoms with van der Waals surface area (Å²) in [7, 11) is 0. The highest BCUT2D eigenvalue weighted by molar-refractivity contribution is 7.09. The van der Waals surface area contributed by atoms with Gasteiger partial charge >= 0.3 is 6.18 Å². The third-order valence-electron chi connectivity index (χ3n) is 3.41. The smallest absolute Gasteiger partial charge is 0.357 e. The predicted octanol–water partition coefficient (Wildman–Crippen LogP) is 3.47. The van der Waals surface area contributed by atoms with Gasteiger partial charge in [0.05, 0.1) is 23.2 Å². The van der Waals surface area contributed by atoms with Crippen molar-refractivity contribution in [3.05, 3.63) is 51.2 Å². The van der Waals surface area contributed by atoms with Crippen LogP contribution in [0.25, 0.3) is 0 Å². The van der Waals surface area contributed by atoms with E-state index in [0.29, 0.717) is 36.0 Å². The van der Waals surface area contributed by atoms with E-state index in [0.717, 1.165) is 22.8 Å². The molecule has 2 rings (SSSR count). The second-order valence-corrected chi connectivity index (χ2v) is 6.36. The second-order valence-electron chi connectivity index (χ2n) is 5.41. The van der Waals surface area contributed by atoms with E-state index in [-0.39, 0.29) is 12.1 Å². The molecule has 1 heterocycles. The molecule has 5 nitrogen and oxygen atoms in total. The molecule has 0 saturated heterocycles. The van der Waals surface area contributed by atoms with Gasteiger partial charge in [-0.05, 0) is 19.1 Å². The number of aliphatic imine (C=N–C) groups is 1. The minimum atomic E-state index is -4.44. The third kappa shape index (κ3) is 6.21. The summed E-state index contributed by atoms with van der Waals surface area (Å²) in [4.78, 5) is 7.81. The highest BCUT2D eigenvalue weighted by Crippen LogP contribution is 2.29. The van der Waals surface area contributed by atoms with Gasteiger partial charge in [0.15, 0.2) is 11.7 Å². The van der Waals surface area contributed by atoms with Crippen LogP contribution in [0.5, 0.6) is 0 Å². The molecule has 0 aliphatic heterocycles. The number of halogens is 4. The molecule has 0 bridgehead atoms. The summed E-state index contributed by atoms with van der Waals surface area (Å²) in [5, 5.41) is 16.1. The molecule has 0 unspecified atom stereocenters. The number of rotatable bonds is 6. The monoisotopic (exact) mass is 399 g/mol. The molecule has 0 aliphatic carbocycles. The molecule has 144 valence electrons. The fraction of sp³-hybridized carbons (Fsp3) is 0.353. The van der Waals surface area contributed by atoms with E-state index in [1.165, 1.54) is 12.1 Å². The number of hydrogen-bond donors (Lipinski definition) is 2. The molecule has 27 heavy (non-hydrogen) atoms. The van der Waals surface area contributed by atoms with Gasteiger partial charge in [0.1, 0.15) is 5.82 Å². The zero-order chi connectivity index (χ0) is 19.9. The Hall–Kier alpha value is -2.67. The van der Waals surface area contributed by atoms with Crippen LogP contribution < -0.4 is 10.6 Å². The number of aromatic nitrogens is 1. The van der Waals surface area contributed by atoms with Gasteiger partial charge in [-0.15, -0.1) is 11.3 Å². The number of nitrogens with zero attached hydrogens (tertiary/aromatic N) is 3. The van der Waals surface area contributed by atoms with Gasteiger partial charge in [-0.1, -0.05) is 6.07 Å². The third-order valence-corrected chi connectivity index (χ3v) is 4.32. The van der Waals surface area contributed by atoms with Crippen LogP contribution in [0.4, 0.5) is 17.6 Å². The minimum Gasteiger partial charge on any atom is -0.357 e. The van der Waals surface area contributed by atoms with Crippen molar-refractivity contribution in [1.82, 2.24) is 15.6 Å². The zero-order valence-electron chi connectivity index (χ0n) is 14.4. The van der Waals surface area contributed by atoms with Crippen molar-refractivity contribution in [3.8, 4) is 6.07 Å². The summed E-state index contributed by atoms with van der Waals surface area (Å²) in [6, 6.07) is 6.01. The number of hydrogen-bond acceptors (Lipinski definition) is 4. The zero-order valence-corrected chi connectivity index (χ0v) is 15.2. The fourth-order valence-corrected chi connectivity index (χ4v) is 2.90. The van der Waals surface area contributed by atoms with E-state index in [1.54, 1.807) is 0 Å². The van der Waals surface area contributed by atoms with Gasteiger partial charge in [-0.25, -0.2) is 14.4 Å². The standard InChI is InChI=1S/C17H17F4N5S/c1-2-23-16(25-9-12-4-3-11(8-22)7-13(12)18)24-6-5-15-26-14(10-27-15)17(19,20)21/h3-4,7,10H,2,5-6,9H2,1H3,(H2,23,24,25). The van der Waals surface area contributed by atoms with Gasteiger partial charge in [-0.2, -0.15) is 18.4 Å². The van der Waals surface area contributed by atoms with Gasteiger partial charge in [0.2, 0.25) is 0 Å². The number of thiazole rings is 1. The Labute approximate surface area is 157 Å². The number of alkyl halides is 3. The molecular formula is C17H17F4N5S. The first-order valence-electron chi connectivity index (χ1n) is 8.05. The Morgan fingerprint density at radius 2 is 2.11 bits per heavy atom. The van der Waals surface area contributed by atoms with Gasteiger partial charge in [0.25, 0.3) is 0 Å². The molecule has 2 aromatic rings. The molecule has 0 atom stereocenters. The van der Waals surface area contributed by atoms with Crippen molar-refractivity contribution < 1.29 is 17.6 Å². The van der Waals surface area contributed by atoms with Gasteiger partial charge < -0.3 is 10.6 Å². The Morgan fingerprint density at radius 3 is 2.70 bits per heavy atom. The lowest BCUT2D eigenvalue weighted by Gasteiger charge is -2.11. The summed E-state index contributed by atoms with van der Waals surface area (Å²) in [6.07, 6.45) is -4.14. The summed E-state index contributed by atoms with van der Waals surface area (Å²) in [6.45, 7) is 2.81. The van der Waals surface area contributed by atoms with Crippen molar-refractivity contribution in [1.29, 1.82) is 5.26 Å². The lowest BCUT2D eigenvalue weighted by atomic mass is 10.1. The molecular weight excluding hydrogens is 382 g/mol. The molecule has 0 aliphatic rings. The van der Waals surface area contributed by atoms with Crippen LogP contribution in [0.1, 0.15) is 28.8 Å². The first-order valence-corrected chi connectivity index (χ1v) is 8.93. The van der Waals surface area contributed by atoms with Crippen LogP contribution in [0.15, 0.2) is 28.6 Å². The van der Waals surface area contributed by atoms with E-state index >= 15 is 0 Å². The van der Waals surface area contributed by atoms with Crippen molar-refractivity contribution >= 4 is 17.3 Å². The minimum absolute atomic E-state index is 0.0579. The van der Waals surface area contributed by atoms with Crippen LogP contribution in [0.3, 0.4) is 0 Å². The van der Waals surface area contributed by atoms with Crippen LogP contribution in [-0.2, 0) is 19.1 Å². The van der Waals surface area contributed by atoms with Crippen molar-refractivity contribution in [3.63, 3.8) is 0 Å². The van der Waals surface area contributed by atoms with Crippen molar-refractivity contribution in [2.45, 2.75) is 26.1 Å². The fourth-order valence-electron chi connectivity index (χ4n) is 2.09. The van der Waals surface area contributed by atoms with E-state index in [9.17, 15) is 17.6 Å². The Morgan fingerprint density at radius 1 is 1.33 bits per heavy atom. The Bertz CT molecular complexity index is 839. The SMILES string of the molecule is CCNC(=NCc1ccc(C#N)cc1F)NCCc1nc(C(F)(F)F)cs1. The lowest BCUT2D eigenvalue weighted by Crippen LogP contribution is -2.38. The first kappa shape index (κ1) is 20.6. The highest BCUT2D eigenvalue weighted by Gasteiger charge is 2.33. The molecule has 1 aromatic heterocycles. The van der Waals surface area contributed by atoms with Crippen LogP contribution in [0, 0.1) is 17.1 Å². The normalized spacial score (nSPS) is 11.9. The Kier molecular flexibility index (Phi) is 7.12. The summed E-state index contributed by atoms with van der Waals surface area (Å²) < 4.78 is 51.5. The Balaban J connectivity index is 1.94. The maximum absolute atomic E-state index is 13.9.